The third-order valence-electron chi connectivity index (χ3n) is 2.82. The van der Waals surface area contributed by atoms with Crippen molar-refractivity contribution in [2.45, 2.75) is 6.61 Å². The summed E-state index contributed by atoms with van der Waals surface area (Å²) in [4.78, 5) is 11.9. The van der Waals surface area contributed by atoms with Crippen molar-refractivity contribution in [3.8, 4) is 5.75 Å². The van der Waals surface area contributed by atoms with E-state index in [1.54, 1.807) is 0 Å². The molecule has 1 aromatic rings. The highest BCUT2D eigenvalue weighted by Crippen LogP contribution is 2.24. The highest BCUT2D eigenvalue weighted by Gasteiger charge is 2.20. The van der Waals surface area contributed by atoms with Crippen molar-refractivity contribution in [1.82, 2.24) is 10.6 Å². The summed E-state index contributed by atoms with van der Waals surface area (Å²) in [5.41, 5.74) is 0.0140. The number of hydrogen-bond donors (Lipinski definition) is 2. The Hall–Kier alpha value is -1.40. The molecular weight excluding hydrogens is 278 g/mol. The number of nitrogens with one attached hydrogen (secondary N) is 2. The number of benzene rings is 1. The number of amides is 1. The lowest BCUT2D eigenvalue weighted by atomic mass is 10.0. The fraction of sp³-hybridized carbons (Fsp3) is 0.417. The average Bonchev–Trinajstić information content (AvgIpc) is 2.28. The Morgan fingerprint density at radius 1 is 1.53 bits per heavy atom. The number of carbonyl (C=O) groups excluding carboxylic acids is 1. The zero-order valence-electron chi connectivity index (χ0n) is 9.96. The quantitative estimate of drug-likeness (QED) is 0.871. The molecule has 0 aliphatic carbocycles. The summed E-state index contributed by atoms with van der Waals surface area (Å²) in [7, 11) is 0. The smallest absolute Gasteiger partial charge is 0.387 e. The molecule has 4 nitrogen and oxygen atoms in total. The van der Waals surface area contributed by atoms with Crippen molar-refractivity contribution < 1.29 is 18.3 Å². The zero-order valence-corrected chi connectivity index (χ0v) is 10.7. The minimum absolute atomic E-state index is 0.0140. The van der Waals surface area contributed by atoms with Gasteiger partial charge in [-0.3, -0.25) is 4.79 Å². The second kappa shape index (κ2) is 6.16. The van der Waals surface area contributed by atoms with E-state index < -0.39 is 12.5 Å². The van der Waals surface area contributed by atoms with E-state index in [1.165, 1.54) is 18.2 Å². The Morgan fingerprint density at radius 2 is 2.26 bits per heavy atom. The van der Waals surface area contributed by atoms with Gasteiger partial charge in [-0.15, -0.1) is 0 Å². The number of ether oxygens (including phenoxy) is 1. The van der Waals surface area contributed by atoms with E-state index in [1.807, 2.05) is 0 Å². The SMILES string of the molecule is O=C(NCC1CNC1)c1cc(Cl)ccc1OC(F)F. The standard InChI is InChI=1S/C12H13ClF2N2O2/c13-8-1-2-10(19-12(14)15)9(3-8)11(18)17-6-7-4-16-5-7/h1-3,7,12,16H,4-6H2,(H,17,18). The van der Waals surface area contributed by atoms with Crippen LogP contribution in [0.4, 0.5) is 8.78 Å². The first-order chi connectivity index (χ1) is 9.06. The third-order valence-corrected chi connectivity index (χ3v) is 3.05. The van der Waals surface area contributed by atoms with Gasteiger partial charge < -0.3 is 15.4 Å². The first-order valence-electron chi connectivity index (χ1n) is 5.79. The maximum atomic E-state index is 12.2. The van der Waals surface area contributed by atoms with Crippen molar-refractivity contribution in [2.24, 2.45) is 5.92 Å². The van der Waals surface area contributed by atoms with Gasteiger partial charge in [0.2, 0.25) is 0 Å². The van der Waals surface area contributed by atoms with Gasteiger partial charge in [0.05, 0.1) is 5.56 Å². The second-order valence-electron chi connectivity index (χ2n) is 4.25. The third kappa shape index (κ3) is 3.78. The minimum Gasteiger partial charge on any atom is -0.434 e. The lowest BCUT2D eigenvalue weighted by Crippen LogP contribution is -2.48. The van der Waals surface area contributed by atoms with Gasteiger partial charge in [0.25, 0.3) is 5.91 Å². The fourth-order valence-corrected chi connectivity index (χ4v) is 1.88. The summed E-state index contributed by atoms with van der Waals surface area (Å²) in [5.74, 6) is -0.267. The molecule has 1 heterocycles. The number of rotatable bonds is 5. The molecule has 1 aliphatic heterocycles. The van der Waals surface area contributed by atoms with Crippen molar-refractivity contribution in [1.29, 1.82) is 0 Å². The molecule has 1 fully saturated rings. The first-order valence-corrected chi connectivity index (χ1v) is 6.17. The molecule has 0 radical (unpaired) electrons. The summed E-state index contributed by atoms with van der Waals surface area (Å²) in [6, 6.07) is 3.97. The molecule has 0 bridgehead atoms. The van der Waals surface area contributed by atoms with Gasteiger partial charge in [-0.05, 0) is 18.2 Å². The lowest BCUT2D eigenvalue weighted by Gasteiger charge is -2.27. The van der Waals surface area contributed by atoms with Crippen LogP contribution in [0.2, 0.25) is 5.02 Å². The van der Waals surface area contributed by atoms with Gasteiger partial charge in [0.1, 0.15) is 5.75 Å². The predicted octanol–water partition coefficient (Wildman–Crippen LogP) is 1.89. The first kappa shape index (κ1) is 14.0. The van der Waals surface area contributed by atoms with Crippen LogP contribution >= 0.6 is 11.6 Å². The van der Waals surface area contributed by atoms with Crippen LogP contribution in [-0.4, -0.2) is 32.2 Å². The number of hydrogen-bond acceptors (Lipinski definition) is 3. The Morgan fingerprint density at radius 3 is 2.84 bits per heavy atom. The van der Waals surface area contributed by atoms with Crippen molar-refractivity contribution in [3.05, 3.63) is 28.8 Å². The van der Waals surface area contributed by atoms with E-state index in [0.29, 0.717) is 12.5 Å². The van der Waals surface area contributed by atoms with Gasteiger partial charge in [-0.2, -0.15) is 8.78 Å². The van der Waals surface area contributed by atoms with Crippen LogP contribution in [0.25, 0.3) is 0 Å². The van der Waals surface area contributed by atoms with Crippen molar-refractivity contribution >= 4 is 17.5 Å². The fourth-order valence-electron chi connectivity index (χ4n) is 1.70. The van der Waals surface area contributed by atoms with E-state index in [4.69, 9.17) is 11.6 Å². The van der Waals surface area contributed by atoms with E-state index >= 15 is 0 Å². The summed E-state index contributed by atoms with van der Waals surface area (Å²) < 4.78 is 28.8. The molecule has 0 unspecified atom stereocenters. The van der Waals surface area contributed by atoms with Crippen LogP contribution in [0.15, 0.2) is 18.2 Å². The maximum Gasteiger partial charge on any atom is 0.387 e. The largest absolute Gasteiger partial charge is 0.434 e. The summed E-state index contributed by atoms with van der Waals surface area (Å²) in [6.45, 7) is -0.803. The molecule has 2 N–H and O–H groups in total. The minimum atomic E-state index is -2.98. The summed E-state index contributed by atoms with van der Waals surface area (Å²) >= 11 is 5.77. The number of halogens is 3. The van der Waals surface area contributed by atoms with Crippen LogP contribution in [0.3, 0.4) is 0 Å². The number of alkyl halides is 2. The van der Waals surface area contributed by atoms with E-state index in [-0.39, 0.29) is 16.3 Å². The molecule has 0 saturated carbocycles. The molecule has 1 amide bonds. The predicted molar refractivity (Wildman–Crippen MR) is 66.8 cm³/mol. The Balaban J connectivity index is 2.06. The van der Waals surface area contributed by atoms with Crippen LogP contribution < -0.4 is 15.4 Å². The van der Waals surface area contributed by atoms with E-state index in [0.717, 1.165) is 13.1 Å². The molecule has 7 heteroatoms. The molecule has 0 atom stereocenters. The Labute approximate surface area is 114 Å². The molecule has 1 saturated heterocycles. The molecule has 0 aromatic heterocycles. The molecule has 104 valence electrons. The van der Waals surface area contributed by atoms with Crippen LogP contribution in [0.5, 0.6) is 5.75 Å². The molecule has 19 heavy (non-hydrogen) atoms. The van der Waals surface area contributed by atoms with E-state index in [9.17, 15) is 13.6 Å². The normalized spacial score (nSPS) is 15.2. The lowest BCUT2D eigenvalue weighted by molar-refractivity contribution is -0.0501. The highest BCUT2D eigenvalue weighted by atomic mass is 35.5. The monoisotopic (exact) mass is 290 g/mol. The van der Waals surface area contributed by atoms with Gasteiger partial charge in [-0.25, -0.2) is 0 Å². The van der Waals surface area contributed by atoms with Gasteiger partial charge in [0.15, 0.2) is 0 Å². The zero-order chi connectivity index (χ0) is 13.8. The van der Waals surface area contributed by atoms with Crippen molar-refractivity contribution in [2.75, 3.05) is 19.6 Å². The average molecular weight is 291 g/mol. The van der Waals surface area contributed by atoms with Crippen LogP contribution in [-0.2, 0) is 0 Å². The molecule has 0 spiro atoms. The Kier molecular flexibility index (Phi) is 4.55. The van der Waals surface area contributed by atoms with Gasteiger partial charge in [-0.1, -0.05) is 11.6 Å². The summed E-state index contributed by atoms with van der Waals surface area (Å²) in [6.07, 6.45) is 0. The van der Waals surface area contributed by atoms with Gasteiger partial charge in [0, 0.05) is 30.6 Å². The van der Waals surface area contributed by atoms with Gasteiger partial charge >= 0.3 is 6.61 Å². The van der Waals surface area contributed by atoms with Crippen LogP contribution in [0, 0.1) is 5.92 Å². The van der Waals surface area contributed by atoms with Crippen molar-refractivity contribution in [3.63, 3.8) is 0 Å². The Bertz CT molecular complexity index is 467. The maximum absolute atomic E-state index is 12.2. The summed E-state index contributed by atoms with van der Waals surface area (Å²) in [5, 5.41) is 6.04. The van der Waals surface area contributed by atoms with Crippen LogP contribution in [0.1, 0.15) is 10.4 Å². The number of carbonyl (C=O) groups is 1. The second-order valence-corrected chi connectivity index (χ2v) is 4.69. The molecule has 1 aliphatic rings. The molecular formula is C12H13ClF2N2O2. The van der Waals surface area contributed by atoms with E-state index in [2.05, 4.69) is 15.4 Å². The topological polar surface area (TPSA) is 50.4 Å². The molecule has 1 aromatic carbocycles. The highest BCUT2D eigenvalue weighted by molar-refractivity contribution is 6.31. The molecule has 2 rings (SSSR count).